The van der Waals surface area contributed by atoms with Gasteiger partial charge in [-0.15, -0.1) is 0 Å². The first-order chi connectivity index (χ1) is 10.1. The average Bonchev–Trinajstić information content (AvgIpc) is 2.95. The summed E-state index contributed by atoms with van der Waals surface area (Å²) in [4.78, 5) is 11.7. The van der Waals surface area contributed by atoms with Crippen molar-refractivity contribution in [3.63, 3.8) is 0 Å². The van der Waals surface area contributed by atoms with Crippen molar-refractivity contribution < 1.29 is 14.6 Å². The Balaban J connectivity index is 1.74. The highest BCUT2D eigenvalue weighted by atomic mass is 35.5. The molecular weight excluding hydrogens is 313 g/mol. The number of ether oxygens (including phenoxy) is 1. The number of amides is 1. The van der Waals surface area contributed by atoms with Crippen LogP contribution >= 0.6 is 23.2 Å². The SMILES string of the molecule is O=C(CCC1CCCO1)NCC(O)c1ccc(Cl)cc1Cl. The molecule has 0 aromatic heterocycles. The Morgan fingerprint density at radius 2 is 2.29 bits per heavy atom. The lowest BCUT2D eigenvalue weighted by molar-refractivity contribution is -0.122. The molecule has 21 heavy (non-hydrogen) atoms. The first-order valence-electron chi connectivity index (χ1n) is 7.07. The maximum Gasteiger partial charge on any atom is 0.220 e. The highest BCUT2D eigenvalue weighted by Crippen LogP contribution is 2.26. The maximum atomic E-state index is 11.7. The van der Waals surface area contributed by atoms with E-state index in [1.165, 1.54) is 0 Å². The van der Waals surface area contributed by atoms with Crippen LogP contribution in [0.25, 0.3) is 0 Å². The van der Waals surface area contributed by atoms with E-state index in [1.807, 2.05) is 0 Å². The Morgan fingerprint density at radius 3 is 2.95 bits per heavy atom. The van der Waals surface area contributed by atoms with Crippen LogP contribution in [0.15, 0.2) is 18.2 Å². The molecule has 1 heterocycles. The molecule has 2 unspecified atom stereocenters. The number of aliphatic hydroxyl groups excluding tert-OH is 1. The zero-order valence-corrected chi connectivity index (χ0v) is 13.2. The van der Waals surface area contributed by atoms with Gasteiger partial charge in [-0.3, -0.25) is 4.79 Å². The molecule has 2 rings (SSSR count). The van der Waals surface area contributed by atoms with Gasteiger partial charge in [0, 0.05) is 35.2 Å². The highest BCUT2D eigenvalue weighted by molar-refractivity contribution is 6.35. The highest BCUT2D eigenvalue weighted by Gasteiger charge is 2.17. The van der Waals surface area contributed by atoms with Crippen molar-refractivity contribution >= 4 is 29.1 Å². The van der Waals surface area contributed by atoms with E-state index in [1.54, 1.807) is 18.2 Å². The molecule has 4 nitrogen and oxygen atoms in total. The molecule has 6 heteroatoms. The van der Waals surface area contributed by atoms with Crippen LogP contribution < -0.4 is 5.32 Å². The van der Waals surface area contributed by atoms with E-state index in [0.717, 1.165) is 25.9 Å². The lowest BCUT2D eigenvalue weighted by Gasteiger charge is -2.14. The largest absolute Gasteiger partial charge is 0.387 e. The number of aliphatic hydroxyl groups is 1. The van der Waals surface area contributed by atoms with E-state index >= 15 is 0 Å². The summed E-state index contributed by atoms with van der Waals surface area (Å²) in [5.41, 5.74) is 0.556. The van der Waals surface area contributed by atoms with E-state index in [9.17, 15) is 9.90 Å². The van der Waals surface area contributed by atoms with Gasteiger partial charge >= 0.3 is 0 Å². The lowest BCUT2D eigenvalue weighted by Crippen LogP contribution is -2.29. The third-order valence-corrected chi connectivity index (χ3v) is 4.09. The van der Waals surface area contributed by atoms with E-state index in [0.29, 0.717) is 22.0 Å². The smallest absolute Gasteiger partial charge is 0.220 e. The van der Waals surface area contributed by atoms with Crippen LogP contribution in [0.1, 0.15) is 37.4 Å². The van der Waals surface area contributed by atoms with Crippen LogP contribution in [-0.2, 0) is 9.53 Å². The number of nitrogens with one attached hydrogen (secondary N) is 1. The summed E-state index contributed by atoms with van der Waals surface area (Å²) in [6.07, 6.45) is 2.58. The summed E-state index contributed by atoms with van der Waals surface area (Å²) < 4.78 is 5.47. The zero-order valence-electron chi connectivity index (χ0n) is 11.6. The van der Waals surface area contributed by atoms with Crippen LogP contribution in [0.3, 0.4) is 0 Å². The molecule has 2 N–H and O–H groups in total. The van der Waals surface area contributed by atoms with Gasteiger partial charge in [-0.1, -0.05) is 29.3 Å². The van der Waals surface area contributed by atoms with Crippen LogP contribution in [0.2, 0.25) is 10.0 Å². The zero-order chi connectivity index (χ0) is 15.2. The van der Waals surface area contributed by atoms with Gasteiger partial charge in [0.05, 0.1) is 12.2 Å². The Hall–Kier alpha value is -0.810. The first kappa shape index (κ1) is 16.6. The summed E-state index contributed by atoms with van der Waals surface area (Å²) in [5.74, 6) is -0.0883. The third kappa shape index (κ3) is 5.15. The van der Waals surface area contributed by atoms with Crippen LogP contribution in [0.5, 0.6) is 0 Å². The van der Waals surface area contributed by atoms with Gasteiger partial charge in [-0.25, -0.2) is 0 Å². The van der Waals surface area contributed by atoms with Crippen molar-refractivity contribution in [3.05, 3.63) is 33.8 Å². The molecular formula is C15H19Cl2NO3. The topological polar surface area (TPSA) is 58.6 Å². The molecule has 0 bridgehead atoms. The molecule has 0 spiro atoms. The molecule has 2 atom stereocenters. The van der Waals surface area contributed by atoms with Crippen molar-refractivity contribution in [2.75, 3.05) is 13.2 Å². The standard InChI is InChI=1S/C15H19Cl2NO3/c16-10-3-5-12(13(17)8-10)14(19)9-18-15(20)6-4-11-2-1-7-21-11/h3,5,8,11,14,19H,1-2,4,6-7,9H2,(H,18,20). The number of carbonyl (C=O) groups is 1. The number of carbonyl (C=O) groups excluding carboxylic acids is 1. The first-order valence-corrected chi connectivity index (χ1v) is 7.83. The van der Waals surface area contributed by atoms with Gasteiger partial charge in [-0.2, -0.15) is 0 Å². The van der Waals surface area contributed by atoms with Gasteiger partial charge in [-0.05, 0) is 31.4 Å². The minimum absolute atomic E-state index is 0.0883. The molecule has 1 aliphatic heterocycles. The second-order valence-corrected chi connectivity index (χ2v) is 6.00. The quantitative estimate of drug-likeness (QED) is 0.842. The summed E-state index contributed by atoms with van der Waals surface area (Å²) >= 11 is 11.8. The fraction of sp³-hybridized carbons (Fsp3) is 0.533. The second-order valence-electron chi connectivity index (χ2n) is 5.16. The van der Waals surface area contributed by atoms with E-state index < -0.39 is 6.10 Å². The number of rotatable bonds is 6. The molecule has 0 radical (unpaired) electrons. The minimum Gasteiger partial charge on any atom is -0.387 e. The van der Waals surface area contributed by atoms with Crippen molar-refractivity contribution in [1.82, 2.24) is 5.32 Å². The van der Waals surface area contributed by atoms with Gasteiger partial charge < -0.3 is 15.2 Å². The minimum atomic E-state index is -0.846. The molecule has 1 fully saturated rings. The predicted octanol–water partition coefficient (Wildman–Crippen LogP) is 3.10. The fourth-order valence-corrected chi connectivity index (χ4v) is 2.88. The molecule has 1 saturated heterocycles. The second kappa shape index (κ2) is 7.99. The van der Waals surface area contributed by atoms with Gasteiger partial charge in [0.25, 0.3) is 0 Å². The number of halogens is 2. The van der Waals surface area contributed by atoms with Crippen LogP contribution in [0.4, 0.5) is 0 Å². The van der Waals surface area contributed by atoms with Gasteiger partial charge in [0.2, 0.25) is 5.91 Å². The van der Waals surface area contributed by atoms with E-state index in [4.69, 9.17) is 27.9 Å². The molecule has 1 amide bonds. The Labute approximate surface area is 134 Å². The van der Waals surface area contributed by atoms with Crippen molar-refractivity contribution in [2.24, 2.45) is 0 Å². The van der Waals surface area contributed by atoms with Gasteiger partial charge in [0.1, 0.15) is 0 Å². The molecule has 0 aliphatic carbocycles. The molecule has 0 saturated carbocycles. The summed E-state index contributed by atoms with van der Waals surface area (Å²) in [6, 6.07) is 4.89. The van der Waals surface area contributed by atoms with Crippen molar-refractivity contribution in [1.29, 1.82) is 0 Å². The summed E-state index contributed by atoms with van der Waals surface area (Å²) in [5, 5.41) is 13.7. The average molecular weight is 332 g/mol. The fourth-order valence-electron chi connectivity index (χ4n) is 2.34. The number of hydrogen-bond donors (Lipinski definition) is 2. The maximum absolute atomic E-state index is 11.7. The molecule has 1 aromatic rings. The van der Waals surface area contributed by atoms with E-state index in [2.05, 4.69) is 5.32 Å². The van der Waals surface area contributed by atoms with Crippen LogP contribution in [0, 0.1) is 0 Å². The monoisotopic (exact) mass is 331 g/mol. The van der Waals surface area contributed by atoms with Gasteiger partial charge in [0.15, 0.2) is 0 Å². The summed E-state index contributed by atoms with van der Waals surface area (Å²) in [6.45, 7) is 0.922. The normalized spacial score (nSPS) is 19.5. The van der Waals surface area contributed by atoms with Crippen molar-refractivity contribution in [2.45, 2.75) is 37.9 Å². The number of benzene rings is 1. The third-order valence-electron chi connectivity index (χ3n) is 3.53. The summed E-state index contributed by atoms with van der Waals surface area (Å²) in [7, 11) is 0. The molecule has 116 valence electrons. The van der Waals surface area contributed by atoms with Crippen LogP contribution in [-0.4, -0.2) is 30.3 Å². The predicted molar refractivity (Wildman–Crippen MR) is 82.6 cm³/mol. The Bertz CT molecular complexity index is 490. The Kier molecular flexibility index (Phi) is 6.30. The van der Waals surface area contributed by atoms with Crippen molar-refractivity contribution in [3.8, 4) is 0 Å². The van der Waals surface area contributed by atoms with E-state index in [-0.39, 0.29) is 18.6 Å². The Morgan fingerprint density at radius 1 is 1.48 bits per heavy atom. The molecule has 1 aromatic carbocycles. The lowest BCUT2D eigenvalue weighted by atomic mass is 10.1. The number of hydrogen-bond acceptors (Lipinski definition) is 3. The molecule has 1 aliphatic rings.